The molecular formula is C56H68N8O5S2. The summed E-state index contributed by atoms with van der Waals surface area (Å²) < 4.78 is 13.2. The number of carbonyl (C=O) groups is 2. The lowest BCUT2D eigenvalue weighted by Crippen LogP contribution is -2.41. The van der Waals surface area contributed by atoms with E-state index in [1.54, 1.807) is 43.9 Å². The molecule has 0 saturated heterocycles. The van der Waals surface area contributed by atoms with Crippen LogP contribution in [0.1, 0.15) is 167 Å². The van der Waals surface area contributed by atoms with Crippen molar-refractivity contribution in [1.29, 1.82) is 10.8 Å². The highest BCUT2D eigenvalue weighted by molar-refractivity contribution is 7.17. The van der Waals surface area contributed by atoms with Gasteiger partial charge in [-0.3, -0.25) is 39.9 Å². The number of amidine groups is 2. The average Bonchev–Trinajstić information content (AvgIpc) is 3.83. The number of aromatic nitrogens is 3. The van der Waals surface area contributed by atoms with Gasteiger partial charge < -0.3 is 14.6 Å². The van der Waals surface area contributed by atoms with Gasteiger partial charge in [-0.2, -0.15) is 0 Å². The molecule has 5 heterocycles. The Kier molecular flexibility index (Phi) is 18.1. The highest BCUT2D eigenvalue weighted by Crippen LogP contribution is 2.42. The van der Waals surface area contributed by atoms with Crippen LogP contribution in [0.3, 0.4) is 0 Å². The fourth-order valence-corrected chi connectivity index (χ4v) is 10.3. The summed E-state index contributed by atoms with van der Waals surface area (Å²) in [7, 11) is 0. The van der Waals surface area contributed by atoms with E-state index in [0.717, 1.165) is 78.2 Å². The van der Waals surface area contributed by atoms with Crippen LogP contribution in [0.4, 0.5) is 5.00 Å². The Morgan fingerprint density at radius 3 is 1.63 bits per heavy atom. The van der Waals surface area contributed by atoms with E-state index in [9.17, 15) is 9.59 Å². The van der Waals surface area contributed by atoms with E-state index < -0.39 is 29.3 Å². The first-order valence-electron chi connectivity index (χ1n) is 23.5. The standard InChI is InChI=1S/C28H32N4O2S.C27H32N4O3S.CH4/c1-8-9-10-11-20-12-14-21(15-13-20)25-24-17(2)18(3)35-27(24)32-19(4)30-31-26(32)22(29-25)16-23(33)34-28(5,6)7;1-16-17(2)35-26-23(16)24(20-12-10-19(11-13-20)9-7-8-14-32)30-21(25(29)31(26)18(3)28)15-22(33)34-27(4,5)6;/h12-15,22H,8-9,16H2,1-7H3;10-13,21,28-29,32H,8,14-15H2,1-6H3;1H4/t22-;21-;/m00./s1. The van der Waals surface area contributed by atoms with Gasteiger partial charge in [0.05, 0.1) is 30.9 Å². The van der Waals surface area contributed by atoms with Crippen LogP contribution in [0.5, 0.6) is 0 Å². The van der Waals surface area contributed by atoms with Gasteiger partial charge in [0.2, 0.25) is 0 Å². The van der Waals surface area contributed by atoms with Crippen molar-refractivity contribution in [3.8, 4) is 28.7 Å². The zero-order valence-corrected chi connectivity index (χ0v) is 44.2. The summed E-state index contributed by atoms with van der Waals surface area (Å²) in [5.41, 5.74) is 8.09. The maximum atomic E-state index is 12.8. The number of aryl methyl sites for hydroxylation is 3. The fourth-order valence-electron chi connectivity index (χ4n) is 7.82. The zero-order chi connectivity index (χ0) is 51.2. The molecule has 0 spiro atoms. The predicted octanol–water partition coefficient (Wildman–Crippen LogP) is 11.5. The third-order valence-electron chi connectivity index (χ3n) is 11.2. The second-order valence-corrected chi connectivity index (χ2v) is 21.6. The van der Waals surface area contributed by atoms with Gasteiger partial charge in [0, 0.05) is 56.0 Å². The number of hydrogen-bond donors (Lipinski definition) is 3. The molecule has 0 radical (unpaired) electrons. The Morgan fingerprint density at radius 2 is 1.17 bits per heavy atom. The highest BCUT2D eigenvalue weighted by atomic mass is 32.1. The summed E-state index contributed by atoms with van der Waals surface area (Å²) >= 11 is 3.22. The number of thiophene rings is 2. The molecule has 0 unspecified atom stereocenters. The topological polar surface area (TPSA) is 179 Å². The number of rotatable bonds is 8. The molecular weight excluding hydrogens is 929 g/mol. The van der Waals surface area contributed by atoms with Gasteiger partial charge in [0.25, 0.3) is 0 Å². The van der Waals surface area contributed by atoms with Crippen molar-refractivity contribution in [3.63, 3.8) is 0 Å². The zero-order valence-electron chi connectivity index (χ0n) is 42.6. The van der Waals surface area contributed by atoms with Crippen molar-refractivity contribution < 1.29 is 24.2 Å². The quantitative estimate of drug-likeness (QED) is 0.0595. The minimum absolute atomic E-state index is 0. The van der Waals surface area contributed by atoms with Crippen molar-refractivity contribution in [2.75, 3.05) is 11.5 Å². The van der Waals surface area contributed by atoms with Crippen LogP contribution in [0.15, 0.2) is 58.5 Å². The summed E-state index contributed by atoms with van der Waals surface area (Å²) in [5, 5.41) is 36.9. The molecule has 3 N–H and O–H groups in total. The molecule has 0 saturated carbocycles. The Morgan fingerprint density at radius 1 is 0.718 bits per heavy atom. The molecule has 2 atom stereocenters. The van der Waals surface area contributed by atoms with Crippen molar-refractivity contribution in [2.45, 2.75) is 153 Å². The number of nitrogens with zero attached hydrogens (tertiary/aromatic N) is 6. The highest BCUT2D eigenvalue weighted by Gasteiger charge is 2.37. The maximum Gasteiger partial charge on any atom is 0.308 e. The van der Waals surface area contributed by atoms with E-state index in [1.807, 2.05) is 77.9 Å². The lowest BCUT2D eigenvalue weighted by molar-refractivity contribution is -0.156. The van der Waals surface area contributed by atoms with Crippen LogP contribution in [-0.4, -0.2) is 78.8 Å². The number of aliphatic hydroxyl groups is 1. The van der Waals surface area contributed by atoms with E-state index in [1.165, 1.54) is 21.8 Å². The number of aliphatic hydroxyl groups excluding tert-OH is 1. The molecule has 13 nitrogen and oxygen atoms in total. The Balaban J connectivity index is 0.000000260. The summed E-state index contributed by atoms with van der Waals surface area (Å²) in [4.78, 5) is 39.5. The van der Waals surface area contributed by atoms with Crippen LogP contribution in [-0.2, 0) is 19.1 Å². The normalized spacial score (nSPS) is 15.0. The molecule has 2 aliphatic heterocycles. The van der Waals surface area contributed by atoms with Gasteiger partial charge in [0.15, 0.2) is 5.82 Å². The van der Waals surface area contributed by atoms with Crippen molar-refractivity contribution in [3.05, 3.63) is 114 Å². The Bertz CT molecular complexity index is 2990. The molecule has 0 bridgehead atoms. The number of anilines is 1. The second-order valence-electron chi connectivity index (χ2n) is 19.2. The van der Waals surface area contributed by atoms with Crippen molar-refractivity contribution in [2.24, 2.45) is 9.98 Å². The van der Waals surface area contributed by atoms with Gasteiger partial charge >= 0.3 is 11.9 Å². The fraction of sp³-hybridized carbons (Fsp3) is 0.429. The number of esters is 2. The minimum atomic E-state index is -0.802. The van der Waals surface area contributed by atoms with Crippen LogP contribution < -0.4 is 4.90 Å². The first kappa shape index (κ1) is 55.4. The van der Waals surface area contributed by atoms with Gasteiger partial charge in [-0.25, -0.2) is 0 Å². The number of fused-ring (bicyclic) bond motifs is 4. The van der Waals surface area contributed by atoms with Crippen LogP contribution in [0.25, 0.3) is 5.00 Å². The number of benzene rings is 2. The van der Waals surface area contributed by atoms with E-state index in [0.29, 0.717) is 18.0 Å². The van der Waals surface area contributed by atoms with Gasteiger partial charge in [0.1, 0.15) is 50.8 Å². The number of carbonyl (C=O) groups excluding carboxylic acids is 2. The Labute approximate surface area is 427 Å². The van der Waals surface area contributed by atoms with E-state index >= 15 is 0 Å². The molecule has 374 valence electrons. The number of nitrogens with one attached hydrogen (secondary N) is 2. The second kappa shape index (κ2) is 23.1. The summed E-state index contributed by atoms with van der Waals surface area (Å²) in [5.74, 6) is 13.3. The lowest BCUT2D eigenvalue weighted by Gasteiger charge is -2.25. The van der Waals surface area contributed by atoms with Crippen molar-refractivity contribution >= 4 is 62.7 Å². The largest absolute Gasteiger partial charge is 0.460 e. The monoisotopic (exact) mass is 996 g/mol. The van der Waals surface area contributed by atoms with Gasteiger partial charge in [-0.05, 0) is 125 Å². The van der Waals surface area contributed by atoms with Crippen LogP contribution >= 0.6 is 22.7 Å². The Hall–Kier alpha value is -6.52. The average molecular weight is 997 g/mol. The summed E-state index contributed by atoms with van der Waals surface area (Å²) in [6.07, 6.45) is 2.34. The van der Waals surface area contributed by atoms with Crippen molar-refractivity contribution in [1.82, 2.24) is 14.8 Å². The first-order valence-corrected chi connectivity index (χ1v) is 25.1. The van der Waals surface area contributed by atoms with Crippen LogP contribution in [0, 0.1) is 69.1 Å². The molecule has 71 heavy (non-hydrogen) atoms. The molecule has 0 fully saturated rings. The summed E-state index contributed by atoms with van der Waals surface area (Å²) in [6, 6.07) is 14.5. The third kappa shape index (κ3) is 13.3. The number of ether oxygens (including phenoxy) is 2. The number of unbranched alkanes of at least 4 members (excludes halogenated alkanes) is 1. The third-order valence-corrected chi connectivity index (χ3v) is 13.6. The number of aliphatic imine (C=N–C) groups is 2. The first-order chi connectivity index (χ1) is 33.0. The van der Waals surface area contributed by atoms with Gasteiger partial charge in [-0.1, -0.05) is 62.3 Å². The molecule has 0 aliphatic carbocycles. The summed E-state index contributed by atoms with van der Waals surface area (Å²) in [6.45, 7) is 25.0. The van der Waals surface area contributed by atoms with E-state index in [-0.39, 0.29) is 44.5 Å². The molecule has 15 heteroatoms. The molecule has 0 amide bonds. The van der Waals surface area contributed by atoms with E-state index in [4.69, 9.17) is 35.4 Å². The number of hydrogen-bond acceptors (Lipinski definition) is 13. The van der Waals surface area contributed by atoms with E-state index in [2.05, 4.69) is 71.4 Å². The SMILES string of the molecule is C.CC(=N)N1C(=N)[C@H](CC(=O)OC(C)(C)C)N=C(c2ccc(C#CCCO)cc2)c2c1sc(C)c2C.CCCC#Cc1ccc(C2=N[C@@H](CC(=O)OC(C)(C)C)c3nnc(C)n3-c3sc(C)c(C)c32)cc1. The molecule has 7 rings (SSSR count). The van der Waals surface area contributed by atoms with Crippen LogP contribution in [0.2, 0.25) is 0 Å². The lowest BCUT2D eigenvalue weighted by atomic mass is 9.98. The molecule has 3 aromatic heterocycles. The molecule has 2 aromatic carbocycles. The molecule has 5 aromatic rings. The van der Waals surface area contributed by atoms with Gasteiger partial charge in [-0.15, -0.1) is 32.9 Å². The minimum Gasteiger partial charge on any atom is -0.460 e. The smallest absolute Gasteiger partial charge is 0.308 e. The molecule has 2 aliphatic rings. The maximum absolute atomic E-state index is 12.8. The predicted molar refractivity (Wildman–Crippen MR) is 290 cm³/mol.